The van der Waals surface area contributed by atoms with Gasteiger partial charge in [-0.25, -0.2) is 0 Å². The van der Waals surface area contributed by atoms with Crippen molar-refractivity contribution >= 4 is 17.7 Å². The van der Waals surface area contributed by atoms with Crippen molar-refractivity contribution in [2.45, 2.75) is 46.5 Å². The molecule has 0 aliphatic heterocycles. The van der Waals surface area contributed by atoms with Crippen LogP contribution in [0.15, 0.2) is 5.16 Å². The van der Waals surface area contributed by atoms with Crippen LogP contribution >= 0.6 is 0 Å². The maximum absolute atomic E-state index is 12.2. The first-order valence-electron chi connectivity index (χ1n) is 7.64. The van der Waals surface area contributed by atoms with Crippen molar-refractivity contribution in [3.8, 4) is 0 Å². The van der Waals surface area contributed by atoms with Gasteiger partial charge in [-0.3, -0.25) is 9.59 Å². The molecule has 21 heavy (non-hydrogen) atoms. The van der Waals surface area contributed by atoms with E-state index in [1.54, 1.807) is 13.8 Å². The summed E-state index contributed by atoms with van der Waals surface area (Å²) in [6, 6.07) is 0. The summed E-state index contributed by atoms with van der Waals surface area (Å²) in [7, 11) is 0. The van der Waals surface area contributed by atoms with E-state index in [2.05, 4.69) is 5.16 Å². The van der Waals surface area contributed by atoms with Crippen LogP contribution in [0.3, 0.4) is 0 Å². The maximum atomic E-state index is 12.2. The number of carbonyl (C=O) groups excluding carboxylic acids is 2. The lowest BCUT2D eigenvalue weighted by molar-refractivity contribution is -0.164. The molecule has 1 rings (SSSR count). The van der Waals surface area contributed by atoms with Gasteiger partial charge >= 0.3 is 11.9 Å². The Hall–Kier alpha value is -1.59. The fourth-order valence-electron chi connectivity index (χ4n) is 3.06. The maximum Gasteiger partial charge on any atom is 0.321 e. The van der Waals surface area contributed by atoms with E-state index in [0.717, 1.165) is 19.3 Å². The second-order valence-corrected chi connectivity index (χ2v) is 5.16. The summed E-state index contributed by atoms with van der Waals surface area (Å²) in [5.41, 5.74) is 0.499. The van der Waals surface area contributed by atoms with Gasteiger partial charge in [0.05, 0.1) is 18.9 Å². The van der Waals surface area contributed by atoms with Crippen LogP contribution in [-0.4, -0.2) is 36.1 Å². The molecule has 0 spiro atoms. The van der Waals surface area contributed by atoms with Gasteiger partial charge in [0.15, 0.2) is 5.92 Å². The summed E-state index contributed by atoms with van der Waals surface area (Å²) < 4.78 is 10.1. The molecular weight excluding hydrogens is 274 g/mol. The molecule has 0 aromatic heterocycles. The van der Waals surface area contributed by atoms with Gasteiger partial charge in [-0.2, -0.15) is 0 Å². The van der Waals surface area contributed by atoms with Gasteiger partial charge in [0, 0.05) is 5.92 Å². The molecule has 0 amide bonds. The summed E-state index contributed by atoms with van der Waals surface area (Å²) in [6.45, 7) is 5.79. The van der Waals surface area contributed by atoms with Gasteiger partial charge in [0.1, 0.15) is 0 Å². The van der Waals surface area contributed by atoms with Gasteiger partial charge in [-0.1, -0.05) is 18.5 Å². The fourth-order valence-corrected chi connectivity index (χ4v) is 3.06. The van der Waals surface area contributed by atoms with Crippen LogP contribution in [0.1, 0.15) is 46.5 Å². The smallest absolute Gasteiger partial charge is 0.321 e. The molecule has 1 aliphatic rings. The predicted molar refractivity (Wildman–Crippen MR) is 77.1 cm³/mol. The van der Waals surface area contributed by atoms with Gasteiger partial charge in [0.2, 0.25) is 0 Å². The largest absolute Gasteiger partial charge is 0.465 e. The van der Waals surface area contributed by atoms with Gasteiger partial charge in [0.25, 0.3) is 0 Å². The number of hydrogen-bond acceptors (Lipinski definition) is 6. The number of ether oxygens (including phenoxy) is 2. The standard InChI is InChI=1S/C15H25NO5/c1-4-10-8-7-9-11(16-19)12(10)13(14(17)20-5-2)15(18)21-6-3/h10,12-13,19H,4-9H2,1-3H3/b16-11+/t10-,12+/m0/s1. The second-order valence-electron chi connectivity index (χ2n) is 5.16. The third-order valence-corrected chi connectivity index (χ3v) is 3.99. The molecular formula is C15H25NO5. The van der Waals surface area contributed by atoms with Crippen LogP contribution in [-0.2, 0) is 19.1 Å². The number of nitrogens with zero attached hydrogens (tertiary/aromatic N) is 1. The van der Waals surface area contributed by atoms with Crippen molar-refractivity contribution in [1.82, 2.24) is 0 Å². The summed E-state index contributed by atoms with van der Waals surface area (Å²) >= 11 is 0. The van der Waals surface area contributed by atoms with E-state index in [1.165, 1.54) is 0 Å². The lowest BCUT2D eigenvalue weighted by atomic mass is 9.70. The first-order chi connectivity index (χ1) is 10.1. The Kier molecular flexibility index (Phi) is 7.19. The molecule has 1 fully saturated rings. The van der Waals surface area contributed by atoms with Crippen molar-refractivity contribution in [3.05, 3.63) is 0 Å². The third-order valence-electron chi connectivity index (χ3n) is 3.99. The Bertz CT molecular complexity index is 376. The number of esters is 2. The van der Waals surface area contributed by atoms with E-state index in [9.17, 15) is 14.8 Å². The SMILES string of the molecule is CCOC(=O)C(C(=O)OCC)[C@H]1/C(=N/O)CCC[C@@H]1CC. The van der Waals surface area contributed by atoms with Crippen molar-refractivity contribution in [1.29, 1.82) is 0 Å². The average molecular weight is 299 g/mol. The van der Waals surface area contributed by atoms with Crippen molar-refractivity contribution in [3.63, 3.8) is 0 Å². The second kappa shape index (κ2) is 8.64. The molecule has 2 atom stereocenters. The van der Waals surface area contributed by atoms with E-state index >= 15 is 0 Å². The molecule has 0 radical (unpaired) electrons. The minimum atomic E-state index is -1.04. The number of hydrogen-bond donors (Lipinski definition) is 1. The lowest BCUT2D eigenvalue weighted by Crippen LogP contribution is -2.43. The molecule has 0 aromatic carbocycles. The highest BCUT2D eigenvalue weighted by Gasteiger charge is 2.45. The van der Waals surface area contributed by atoms with Crippen LogP contribution in [0.25, 0.3) is 0 Å². The molecule has 1 N–H and O–H groups in total. The number of rotatable bonds is 6. The Morgan fingerprint density at radius 1 is 1.24 bits per heavy atom. The minimum Gasteiger partial charge on any atom is -0.465 e. The molecule has 0 heterocycles. The topological polar surface area (TPSA) is 85.2 Å². The van der Waals surface area contributed by atoms with E-state index in [0.29, 0.717) is 12.1 Å². The summed E-state index contributed by atoms with van der Waals surface area (Å²) in [4.78, 5) is 24.4. The predicted octanol–water partition coefficient (Wildman–Crippen LogP) is 2.39. The average Bonchev–Trinajstić information content (AvgIpc) is 2.48. The molecule has 0 aromatic rings. The summed E-state index contributed by atoms with van der Waals surface area (Å²) in [6.07, 6.45) is 3.19. The van der Waals surface area contributed by atoms with E-state index < -0.39 is 23.8 Å². The molecule has 6 heteroatoms. The molecule has 120 valence electrons. The molecule has 1 saturated carbocycles. The van der Waals surface area contributed by atoms with Gasteiger partial charge in [-0.15, -0.1) is 0 Å². The molecule has 6 nitrogen and oxygen atoms in total. The van der Waals surface area contributed by atoms with E-state index in [-0.39, 0.29) is 19.1 Å². The minimum absolute atomic E-state index is 0.114. The van der Waals surface area contributed by atoms with E-state index in [1.807, 2.05) is 6.92 Å². The summed E-state index contributed by atoms with van der Waals surface area (Å²) in [5, 5.41) is 12.6. The van der Waals surface area contributed by atoms with Gasteiger partial charge < -0.3 is 14.7 Å². The Morgan fingerprint density at radius 3 is 2.24 bits per heavy atom. The van der Waals surface area contributed by atoms with E-state index in [4.69, 9.17) is 9.47 Å². The van der Waals surface area contributed by atoms with Crippen LogP contribution in [0.2, 0.25) is 0 Å². The van der Waals surface area contributed by atoms with Crippen LogP contribution in [0.5, 0.6) is 0 Å². The number of carbonyl (C=O) groups is 2. The Morgan fingerprint density at radius 2 is 1.81 bits per heavy atom. The zero-order valence-electron chi connectivity index (χ0n) is 13.0. The highest BCUT2D eigenvalue weighted by atomic mass is 16.6. The lowest BCUT2D eigenvalue weighted by Gasteiger charge is -2.34. The first-order valence-corrected chi connectivity index (χ1v) is 7.64. The van der Waals surface area contributed by atoms with Gasteiger partial charge in [-0.05, 0) is 39.0 Å². The molecule has 0 saturated heterocycles. The van der Waals surface area contributed by atoms with Crippen LogP contribution in [0, 0.1) is 17.8 Å². The molecule has 0 unspecified atom stereocenters. The van der Waals surface area contributed by atoms with Crippen molar-refractivity contribution in [2.75, 3.05) is 13.2 Å². The zero-order chi connectivity index (χ0) is 15.8. The van der Waals surface area contributed by atoms with Crippen LogP contribution < -0.4 is 0 Å². The first kappa shape index (κ1) is 17.5. The fraction of sp³-hybridized carbons (Fsp3) is 0.800. The Balaban J connectivity index is 3.12. The highest BCUT2D eigenvalue weighted by molar-refractivity contribution is 6.02. The normalized spacial score (nSPS) is 24.1. The molecule has 1 aliphatic carbocycles. The zero-order valence-corrected chi connectivity index (χ0v) is 13.0. The monoisotopic (exact) mass is 299 g/mol. The quantitative estimate of drug-likeness (QED) is 0.352. The Labute approximate surface area is 125 Å². The van der Waals surface area contributed by atoms with Crippen LogP contribution in [0.4, 0.5) is 0 Å². The third kappa shape index (κ3) is 4.19. The summed E-state index contributed by atoms with van der Waals surface area (Å²) in [5.74, 6) is -2.55. The molecule has 0 bridgehead atoms. The van der Waals surface area contributed by atoms with Crippen molar-refractivity contribution < 1.29 is 24.3 Å². The number of oxime groups is 1. The van der Waals surface area contributed by atoms with Crippen molar-refractivity contribution in [2.24, 2.45) is 22.9 Å². The highest BCUT2D eigenvalue weighted by Crippen LogP contribution is 2.36.